The van der Waals surface area contributed by atoms with Crippen LogP contribution in [0.5, 0.6) is 0 Å². The van der Waals surface area contributed by atoms with Gasteiger partial charge in [-0.25, -0.2) is 13.4 Å². The molecule has 0 saturated carbocycles. The smallest absolute Gasteiger partial charge is 0.246 e. The molecule has 0 bridgehead atoms. The Morgan fingerprint density at radius 1 is 1.50 bits per heavy atom. The Bertz CT molecular complexity index is 538. The van der Waals surface area contributed by atoms with Crippen LogP contribution in [0.4, 0.5) is 5.82 Å². The third-order valence-electron chi connectivity index (χ3n) is 2.66. The summed E-state index contributed by atoms with van der Waals surface area (Å²) in [5.41, 5.74) is 0. The average molecular weight is 382 g/mol. The summed E-state index contributed by atoms with van der Waals surface area (Å²) in [7, 11) is -1.94. The second kappa shape index (κ2) is 8.21. The van der Waals surface area contributed by atoms with Gasteiger partial charge in [0, 0.05) is 36.6 Å². The van der Waals surface area contributed by atoms with Gasteiger partial charge >= 0.3 is 0 Å². The molecule has 0 aliphatic carbocycles. The number of nitrogens with zero attached hydrogens (tertiary/aromatic N) is 2. The predicted octanol–water partition coefficient (Wildman–Crippen LogP) is 2.65. The quantitative estimate of drug-likeness (QED) is 0.749. The van der Waals surface area contributed by atoms with Crippen LogP contribution in [-0.2, 0) is 10.0 Å². The van der Waals surface area contributed by atoms with Crippen LogP contribution in [0.1, 0.15) is 13.3 Å². The molecule has 1 aromatic heterocycles. The van der Waals surface area contributed by atoms with E-state index in [4.69, 9.17) is 0 Å². The van der Waals surface area contributed by atoms with Crippen molar-refractivity contribution in [1.82, 2.24) is 9.29 Å². The lowest BCUT2D eigenvalue weighted by molar-refractivity contribution is 0.488. The molecule has 8 heteroatoms. The molecular formula is C12H20BrN3O2S2. The molecule has 0 saturated heterocycles. The molecule has 0 spiro atoms. The minimum Gasteiger partial charge on any atom is -0.369 e. The van der Waals surface area contributed by atoms with Crippen LogP contribution in [0.25, 0.3) is 0 Å². The Hall–Kier alpha value is -0.310. The highest BCUT2D eigenvalue weighted by Gasteiger charge is 2.24. The van der Waals surface area contributed by atoms with Gasteiger partial charge in [-0.1, -0.05) is 6.92 Å². The number of sulfonamides is 1. The summed E-state index contributed by atoms with van der Waals surface area (Å²) in [5.74, 6) is 1.17. The third kappa shape index (κ3) is 4.61. The van der Waals surface area contributed by atoms with Gasteiger partial charge in [0.25, 0.3) is 0 Å². The number of pyridine rings is 1. The van der Waals surface area contributed by atoms with Crippen molar-refractivity contribution in [1.29, 1.82) is 0 Å². The standard InChI is InChI=1S/C12H20BrN3O2S2/c1-4-5-14-12-11(8-10(13)9-15-12)20(17,18)16(2)6-7-19-3/h8-9H,4-7H2,1-3H3,(H,14,15). The van der Waals surface area contributed by atoms with E-state index >= 15 is 0 Å². The van der Waals surface area contributed by atoms with Crippen LogP contribution < -0.4 is 5.32 Å². The lowest BCUT2D eigenvalue weighted by atomic mass is 10.4. The van der Waals surface area contributed by atoms with Crippen molar-refractivity contribution in [3.8, 4) is 0 Å². The molecule has 114 valence electrons. The number of anilines is 1. The lowest BCUT2D eigenvalue weighted by Crippen LogP contribution is -2.30. The Morgan fingerprint density at radius 3 is 2.80 bits per heavy atom. The first-order valence-electron chi connectivity index (χ1n) is 6.28. The SMILES string of the molecule is CCCNc1ncc(Br)cc1S(=O)(=O)N(C)CCSC. The summed E-state index contributed by atoms with van der Waals surface area (Å²) in [6, 6.07) is 1.59. The normalized spacial score (nSPS) is 11.8. The van der Waals surface area contributed by atoms with Gasteiger partial charge in [0.15, 0.2) is 0 Å². The van der Waals surface area contributed by atoms with Crippen LogP contribution in [0.2, 0.25) is 0 Å². The van der Waals surface area contributed by atoms with Gasteiger partial charge < -0.3 is 5.32 Å². The van der Waals surface area contributed by atoms with Gasteiger partial charge in [-0.05, 0) is 34.7 Å². The Morgan fingerprint density at radius 2 is 2.20 bits per heavy atom. The van der Waals surface area contributed by atoms with Crippen molar-refractivity contribution in [3.63, 3.8) is 0 Å². The van der Waals surface area contributed by atoms with Crippen LogP contribution >= 0.6 is 27.7 Å². The topological polar surface area (TPSA) is 62.3 Å². The van der Waals surface area contributed by atoms with Gasteiger partial charge in [-0.2, -0.15) is 16.1 Å². The van der Waals surface area contributed by atoms with Crippen molar-refractivity contribution in [2.24, 2.45) is 0 Å². The lowest BCUT2D eigenvalue weighted by Gasteiger charge is -2.19. The van der Waals surface area contributed by atoms with E-state index in [1.54, 1.807) is 31.1 Å². The first kappa shape index (κ1) is 17.7. The molecule has 1 heterocycles. The van der Waals surface area contributed by atoms with E-state index in [9.17, 15) is 8.42 Å². The number of thioether (sulfide) groups is 1. The molecule has 0 amide bonds. The second-order valence-electron chi connectivity index (χ2n) is 4.25. The van der Waals surface area contributed by atoms with E-state index in [-0.39, 0.29) is 4.90 Å². The predicted molar refractivity (Wildman–Crippen MR) is 88.9 cm³/mol. The molecule has 0 atom stereocenters. The summed E-state index contributed by atoms with van der Waals surface area (Å²) in [6.45, 7) is 3.18. The summed E-state index contributed by atoms with van der Waals surface area (Å²) in [4.78, 5) is 4.39. The molecule has 1 aromatic rings. The molecule has 1 rings (SSSR count). The molecular weight excluding hydrogens is 362 g/mol. The summed E-state index contributed by atoms with van der Waals surface area (Å²) in [5, 5.41) is 3.06. The summed E-state index contributed by atoms with van der Waals surface area (Å²) < 4.78 is 27.2. The van der Waals surface area contributed by atoms with E-state index in [0.717, 1.165) is 12.2 Å². The molecule has 0 aromatic carbocycles. The molecule has 0 aliphatic rings. The van der Waals surface area contributed by atoms with Crippen LogP contribution in [0, 0.1) is 0 Å². The zero-order valence-electron chi connectivity index (χ0n) is 11.9. The Labute approximate surface area is 133 Å². The van der Waals surface area contributed by atoms with Gasteiger partial charge in [0.1, 0.15) is 10.7 Å². The first-order valence-corrected chi connectivity index (χ1v) is 9.90. The minimum absolute atomic E-state index is 0.212. The van der Waals surface area contributed by atoms with E-state index < -0.39 is 10.0 Å². The largest absolute Gasteiger partial charge is 0.369 e. The molecule has 0 aliphatic heterocycles. The van der Waals surface area contributed by atoms with E-state index in [1.165, 1.54) is 4.31 Å². The maximum absolute atomic E-state index is 12.6. The van der Waals surface area contributed by atoms with Crippen molar-refractivity contribution < 1.29 is 8.42 Å². The fourth-order valence-electron chi connectivity index (χ4n) is 1.50. The maximum Gasteiger partial charge on any atom is 0.246 e. The highest BCUT2D eigenvalue weighted by molar-refractivity contribution is 9.10. The molecule has 1 N–H and O–H groups in total. The third-order valence-corrected chi connectivity index (χ3v) is 5.56. The van der Waals surface area contributed by atoms with Gasteiger partial charge in [0.05, 0.1) is 0 Å². The maximum atomic E-state index is 12.6. The van der Waals surface area contributed by atoms with Gasteiger partial charge in [0.2, 0.25) is 10.0 Å². The molecule has 0 radical (unpaired) electrons. The van der Waals surface area contributed by atoms with Crippen LogP contribution in [-0.4, -0.2) is 49.9 Å². The highest BCUT2D eigenvalue weighted by Crippen LogP contribution is 2.25. The number of hydrogen-bond acceptors (Lipinski definition) is 5. The monoisotopic (exact) mass is 381 g/mol. The summed E-state index contributed by atoms with van der Waals surface area (Å²) >= 11 is 4.90. The number of nitrogens with one attached hydrogen (secondary N) is 1. The van der Waals surface area contributed by atoms with E-state index in [0.29, 0.717) is 23.4 Å². The Balaban J connectivity index is 3.11. The molecule has 0 unspecified atom stereocenters. The minimum atomic E-state index is -3.53. The second-order valence-corrected chi connectivity index (χ2v) is 8.16. The zero-order valence-corrected chi connectivity index (χ0v) is 15.1. The molecule has 5 nitrogen and oxygen atoms in total. The average Bonchev–Trinajstić information content (AvgIpc) is 2.43. The zero-order chi connectivity index (χ0) is 15.2. The van der Waals surface area contributed by atoms with Gasteiger partial charge in [-0.3, -0.25) is 0 Å². The fourth-order valence-corrected chi connectivity index (χ4v) is 3.87. The number of hydrogen-bond donors (Lipinski definition) is 1. The first-order chi connectivity index (χ1) is 9.43. The van der Waals surface area contributed by atoms with Crippen molar-refractivity contribution in [2.45, 2.75) is 18.2 Å². The van der Waals surface area contributed by atoms with Crippen molar-refractivity contribution >= 4 is 43.5 Å². The van der Waals surface area contributed by atoms with E-state index in [1.807, 2.05) is 13.2 Å². The highest BCUT2D eigenvalue weighted by atomic mass is 79.9. The molecule has 0 fully saturated rings. The Kier molecular flexibility index (Phi) is 7.28. The number of aromatic nitrogens is 1. The molecule has 20 heavy (non-hydrogen) atoms. The number of rotatable bonds is 8. The number of halogens is 1. The van der Waals surface area contributed by atoms with Gasteiger partial charge in [-0.15, -0.1) is 0 Å². The summed E-state index contributed by atoms with van der Waals surface area (Å²) in [6.07, 6.45) is 4.45. The fraction of sp³-hybridized carbons (Fsp3) is 0.583. The van der Waals surface area contributed by atoms with Crippen molar-refractivity contribution in [2.75, 3.05) is 37.5 Å². The van der Waals surface area contributed by atoms with Crippen molar-refractivity contribution in [3.05, 3.63) is 16.7 Å². The van der Waals surface area contributed by atoms with Crippen LogP contribution in [0.3, 0.4) is 0 Å². The van der Waals surface area contributed by atoms with Crippen LogP contribution in [0.15, 0.2) is 21.6 Å². The van der Waals surface area contributed by atoms with E-state index in [2.05, 4.69) is 26.2 Å².